The molecule has 0 aromatic heterocycles. The van der Waals surface area contributed by atoms with Gasteiger partial charge in [0.25, 0.3) is 0 Å². The number of carbonyl (C=O) groups is 1. The van der Waals surface area contributed by atoms with Crippen LogP contribution < -0.4 is 5.32 Å². The minimum absolute atomic E-state index is 0.0309. The van der Waals surface area contributed by atoms with E-state index in [-0.39, 0.29) is 11.9 Å². The summed E-state index contributed by atoms with van der Waals surface area (Å²) in [6, 6.07) is 11.7. The van der Waals surface area contributed by atoms with Crippen molar-refractivity contribution in [1.29, 1.82) is 0 Å². The Morgan fingerprint density at radius 2 is 1.65 bits per heavy atom. The third-order valence-electron chi connectivity index (χ3n) is 4.00. The largest absolute Gasteiger partial charge is 0.346 e. The van der Waals surface area contributed by atoms with Crippen LogP contribution in [0.4, 0.5) is 0 Å². The van der Waals surface area contributed by atoms with Crippen molar-refractivity contribution in [3.8, 4) is 0 Å². The van der Waals surface area contributed by atoms with Gasteiger partial charge >= 0.3 is 0 Å². The van der Waals surface area contributed by atoms with Crippen LogP contribution in [0.15, 0.2) is 42.5 Å². The van der Waals surface area contributed by atoms with Gasteiger partial charge in [0.05, 0.1) is 6.04 Å². The highest BCUT2D eigenvalue weighted by Crippen LogP contribution is 2.21. The Bertz CT molecular complexity index is 732. The average Bonchev–Trinajstić information content (AvgIpc) is 2.50. The van der Waals surface area contributed by atoms with E-state index in [0.717, 1.165) is 11.1 Å². The van der Waals surface area contributed by atoms with E-state index in [9.17, 15) is 4.79 Å². The average molecular weight is 328 g/mol. The Morgan fingerprint density at radius 1 is 1.04 bits per heavy atom. The maximum atomic E-state index is 12.1. The minimum atomic E-state index is -0.106. The first kappa shape index (κ1) is 17.3. The number of rotatable bonds is 4. The maximum absolute atomic E-state index is 12.1. The van der Waals surface area contributed by atoms with Crippen LogP contribution in [0.5, 0.6) is 0 Å². The quantitative estimate of drug-likeness (QED) is 0.772. The molecule has 0 fully saturated rings. The molecule has 2 aromatic rings. The first-order chi connectivity index (χ1) is 10.9. The first-order valence-corrected chi connectivity index (χ1v) is 8.06. The molecule has 120 valence electrons. The second-order valence-electron chi connectivity index (χ2n) is 5.91. The summed E-state index contributed by atoms with van der Waals surface area (Å²) in [5.74, 6) is -0.106. The molecule has 0 radical (unpaired) electrons. The zero-order valence-corrected chi connectivity index (χ0v) is 14.7. The monoisotopic (exact) mass is 327 g/mol. The van der Waals surface area contributed by atoms with Gasteiger partial charge < -0.3 is 5.32 Å². The summed E-state index contributed by atoms with van der Waals surface area (Å²) in [6.45, 7) is 8.27. The molecular weight excluding hydrogens is 306 g/mol. The van der Waals surface area contributed by atoms with Gasteiger partial charge in [-0.3, -0.25) is 4.79 Å². The Hall–Kier alpha value is -2.06. The molecule has 0 aliphatic rings. The summed E-state index contributed by atoms with van der Waals surface area (Å²) in [5.41, 5.74) is 5.80. The molecule has 2 rings (SSSR count). The summed E-state index contributed by atoms with van der Waals surface area (Å²) in [6.07, 6.45) is 3.34. The zero-order valence-electron chi connectivity index (χ0n) is 14.0. The summed E-state index contributed by atoms with van der Waals surface area (Å²) in [4.78, 5) is 12.1. The molecule has 2 aromatic carbocycles. The molecule has 0 saturated carbocycles. The summed E-state index contributed by atoms with van der Waals surface area (Å²) in [5, 5.41) is 3.70. The normalized spacial score (nSPS) is 12.4. The van der Waals surface area contributed by atoms with E-state index in [1.165, 1.54) is 16.7 Å². The van der Waals surface area contributed by atoms with Gasteiger partial charge in [-0.15, -0.1) is 0 Å². The molecule has 0 aliphatic carbocycles. The molecule has 1 atom stereocenters. The zero-order chi connectivity index (χ0) is 17.0. The highest BCUT2D eigenvalue weighted by atomic mass is 35.5. The van der Waals surface area contributed by atoms with Crippen LogP contribution in [-0.2, 0) is 4.79 Å². The number of halogens is 1. The predicted molar refractivity (Wildman–Crippen MR) is 97.7 cm³/mol. The van der Waals surface area contributed by atoms with Crippen LogP contribution >= 0.6 is 11.6 Å². The van der Waals surface area contributed by atoms with Gasteiger partial charge in [0.1, 0.15) is 0 Å². The Balaban J connectivity index is 2.05. The fourth-order valence-corrected chi connectivity index (χ4v) is 2.66. The number of benzene rings is 2. The minimum Gasteiger partial charge on any atom is -0.346 e. The van der Waals surface area contributed by atoms with E-state index in [4.69, 9.17) is 11.6 Å². The SMILES string of the molecule is Cc1cc(C)c([C@@H](C)NC(=O)/C=C/c2ccc(Cl)cc2)cc1C. The summed E-state index contributed by atoms with van der Waals surface area (Å²) >= 11 is 5.85. The van der Waals surface area contributed by atoms with Crippen LogP contribution in [-0.4, -0.2) is 5.91 Å². The van der Waals surface area contributed by atoms with Gasteiger partial charge in [-0.25, -0.2) is 0 Å². The molecule has 0 saturated heterocycles. The lowest BCUT2D eigenvalue weighted by Gasteiger charge is -2.17. The third-order valence-corrected chi connectivity index (χ3v) is 4.26. The van der Waals surface area contributed by atoms with Crippen LogP contribution in [0.1, 0.15) is 40.8 Å². The molecule has 0 bridgehead atoms. The topological polar surface area (TPSA) is 29.1 Å². The molecule has 1 amide bonds. The second kappa shape index (κ2) is 7.47. The Labute approximate surface area is 143 Å². The summed E-state index contributed by atoms with van der Waals surface area (Å²) in [7, 11) is 0. The Kier molecular flexibility index (Phi) is 5.62. The lowest BCUT2D eigenvalue weighted by Crippen LogP contribution is -2.25. The number of carbonyl (C=O) groups excluding carboxylic acids is 1. The molecule has 0 spiro atoms. The second-order valence-corrected chi connectivity index (χ2v) is 6.34. The van der Waals surface area contributed by atoms with Gasteiger partial charge in [0.15, 0.2) is 0 Å². The van der Waals surface area contributed by atoms with Crippen molar-refractivity contribution in [3.05, 3.63) is 75.3 Å². The third kappa shape index (κ3) is 4.70. The van der Waals surface area contributed by atoms with Gasteiger partial charge in [0, 0.05) is 11.1 Å². The Morgan fingerprint density at radius 3 is 2.30 bits per heavy atom. The number of aryl methyl sites for hydroxylation is 3. The van der Waals surface area contributed by atoms with Crippen molar-refractivity contribution >= 4 is 23.6 Å². The lowest BCUT2D eigenvalue weighted by atomic mass is 9.96. The van der Waals surface area contributed by atoms with E-state index in [0.29, 0.717) is 5.02 Å². The van der Waals surface area contributed by atoms with Crippen LogP contribution in [0, 0.1) is 20.8 Å². The van der Waals surface area contributed by atoms with Crippen molar-refractivity contribution < 1.29 is 4.79 Å². The number of hydrogen-bond acceptors (Lipinski definition) is 1. The molecule has 0 aliphatic heterocycles. The predicted octanol–water partition coefficient (Wildman–Crippen LogP) is 5.16. The van der Waals surface area contributed by atoms with Crippen molar-refractivity contribution in [3.63, 3.8) is 0 Å². The molecule has 0 heterocycles. The highest BCUT2D eigenvalue weighted by Gasteiger charge is 2.11. The van der Waals surface area contributed by atoms with E-state index in [1.54, 1.807) is 24.3 Å². The van der Waals surface area contributed by atoms with Crippen molar-refractivity contribution in [2.75, 3.05) is 0 Å². The van der Waals surface area contributed by atoms with Crippen molar-refractivity contribution in [1.82, 2.24) is 5.32 Å². The molecule has 1 N–H and O–H groups in total. The molecule has 0 unspecified atom stereocenters. The number of nitrogens with one attached hydrogen (secondary N) is 1. The standard InChI is InChI=1S/C20H22ClNO/c1-13-11-15(3)19(12-14(13)2)16(4)22-20(23)10-7-17-5-8-18(21)9-6-17/h5-12,16H,1-4H3,(H,22,23)/b10-7+/t16-/m1/s1. The molecule has 3 heteroatoms. The van der Waals surface area contributed by atoms with Gasteiger partial charge in [-0.1, -0.05) is 35.9 Å². The number of amides is 1. The maximum Gasteiger partial charge on any atom is 0.244 e. The number of hydrogen-bond donors (Lipinski definition) is 1. The van der Waals surface area contributed by atoms with Crippen LogP contribution in [0.25, 0.3) is 6.08 Å². The van der Waals surface area contributed by atoms with Gasteiger partial charge in [-0.2, -0.15) is 0 Å². The van der Waals surface area contributed by atoms with Gasteiger partial charge in [0.2, 0.25) is 5.91 Å². The fourth-order valence-electron chi connectivity index (χ4n) is 2.53. The van der Waals surface area contributed by atoms with E-state index >= 15 is 0 Å². The highest BCUT2D eigenvalue weighted by molar-refractivity contribution is 6.30. The van der Waals surface area contributed by atoms with Crippen LogP contribution in [0.3, 0.4) is 0 Å². The van der Waals surface area contributed by atoms with E-state index in [1.807, 2.05) is 19.1 Å². The smallest absolute Gasteiger partial charge is 0.244 e. The van der Waals surface area contributed by atoms with E-state index in [2.05, 4.69) is 38.2 Å². The molecule has 2 nitrogen and oxygen atoms in total. The van der Waals surface area contributed by atoms with Crippen LogP contribution in [0.2, 0.25) is 5.02 Å². The summed E-state index contributed by atoms with van der Waals surface area (Å²) < 4.78 is 0. The van der Waals surface area contributed by atoms with Gasteiger partial charge in [-0.05, 0) is 73.7 Å². The van der Waals surface area contributed by atoms with E-state index < -0.39 is 0 Å². The molecule has 23 heavy (non-hydrogen) atoms. The lowest BCUT2D eigenvalue weighted by molar-refractivity contribution is -0.117. The fraction of sp³-hybridized carbons (Fsp3) is 0.250. The van der Waals surface area contributed by atoms with Crippen molar-refractivity contribution in [2.45, 2.75) is 33.7 Å². The van der Waals surface area contributed by atoms with Crippen molar-refractivity contribution in [2.24, 2.45) is 0 Å². The first-order valence-electron chi connectivity index (χ1n) is 7.68. The molecular formula is C20H22ClNO.